The van der Waals surface area contributed by atoms with Gasteiger partial charge in [-0.2, -0.15) is 8.42 Å². The second-order valence-electron chi connectivity index (χ2n) is 14.8. The molecule has 3 aliphatic carbocycles. The Balaban J connectivity index is 1.20. The fraction of sp³-hybridized carbons (Fsp3) is 0.541. The summed E-state index contributed by atoms with van der Waals surface area (Å²) in [6.07, 6.45) is 6.91. The van der Waals surface area contributed by atoms with Crippen LogP contribution in [0.5, 0.6) is 11.5 Å². The molecule has 3 saturated carbocycles. The maximum absolute atomic E-state index is 14.3. The second kappa shape index (κ2) is 14.8. The van der Waals surface area contributed by atoms with Gasteiger partial charge >= 0.3 is 10.3 Å². The molecule has 4 aliphatic rings. The first-order valence-electron chi connectivity index (χ1n) is 18.1. The molecule has 3 amide bonds. The number of carbonyl (C=O) groups excluding carboxylic acids is 3. The zero-order valence-electron chi connectivity index (χ0n) is 30.1. The van der Waals surface area contributed by atoms with Crippen molar-refractivity contribution < 1.29 is 36.5 Å². The first-order valence-corrected chi connectivity index (χ1v) is 20.7. The van der Waals surface area contributed by atoms with Gasteiger partial charge in [-0.3, -0.25) is 18.6 Å². The molecule has 3 aromatic rings. The van der Waals surface area contributed by atoms with Gasteiger partial charge in [-0.15, -0.1) is 11.3 Å². The Morgan fingerprint density at radius 2 is 1.89 bits per heavy atom. The number of aromatic nitrogens is 2. The van der Waals surface area contributed by atoms with Crippen LogP contribution in [0.4, 0.5) is 0 Å². The van der Waals surface area contributed by atoms with E-state index in [9.17, 15) is 22.8 Å². The number of nitrogens with one attached hydrogen (secondary N) is 2. The minimum Gasteiger partial charge on any atom is -0.495 e. The number of fused-ring (bicyclic) bond motifs is 3. The van der Waals surface area contributed by atoms with Crippen LogP contribution in [0.25, 0.3) is 21.6 Å². The molecule has 5 unspecified atom stereocenters. The third kappa shape index (κ3) is 7.89. The van der Waals surface area contributed by atoms with Crippen molar-refractivity contribution in [2.45, 2.75) is 88.9 Å². The highest BCUT2D eigenvalue weighted by molar-refractivity contribution is 7.85. The number of allylic oxidation sites excluding steroid dienone is 1. The van der Waals surface area contributed by atoms with Crippen LogP contribution in [0.15, 0.2) is 35.7 Å². The lowest BCUT2D eigenvalue weighted by molar-refractivity contribution is -0.140. The smallest absolute Gasteiger partial charge is 0.362 e. The van der Waals surface area contributed by atoms with E-state index in [0.717, 1.165) is 18.5 Å². The summed E-state index contributed by atoms with van der Waals surface area (Å²) in [4.78, 5) is 53.2. The maximum atomic E-state index is 14.3. The van der Waals surface area contributed by atoms with E-state index in [1.54, 1.807) is 18.0 Å². The van der Waals surface area contributed by atoms with E-state index in [2.05, 4.69) is 19.2 Å². The van der Waals surface area contributed by atoms with E-state index < -0.39 is 57.6 Å². The molecular formula is C37H44ClN5O8S2. The molecule has 3 fully saturated rings. The molecular weight excluding hydrogens is 742 g/mol. The van der Waals surface area contributed by atoms with Gasteiger partial charge in [0.15, 0.2) is 0 Å². The van der Waals surface area contributed by atoms with Crippen molar-refractivity contribution >= 4 is 61.9 Å². The second-order valence-corrected chi connectivity index (χ2v) is 17.3. The lowest BCUT2D eigenvalue weighted by Crippen LogP contribution is -2.54. The summed E-state index contributed by atoms with van der Waals surface area (Å²) in [5, 5.41) is 6.53. The van der Waals surface area contributed by atoms with Crippen LogP contribution in [0.3, 0.4) is 0 Å². The zero-order chi connectivity index (χ0) is 37.7. The van der Waals surface area contributed by atoms with Crippen molar-refractivity contribution in [3.05, 3.63) is 46.4 Å². The van der Waals surface area contributed by atoms with E-state index >= 15 is 0 Å². The summed E-state index contributed by atoms with van der Waals surface area (Å²) >= 11 is 8.26. The Labute approximate surface area is 318 Å². The van der Waals surface area contributed by atoms with Gasteiger partial charge in [0, 0.05) is 36.3 Å². The molecule has 13 nitrogen and oxygen atoms in total. The molecule has 53 heavy (non-hydrogen) atoms. The molecule has 1 aromatic carbocycles. The number of amides is 3. The van der Waals surface area contributed by atoms with Crippen LogP contribution in [-0.2, 0) is 28.9 Å². The Morgan fingerprint density at radius 3 is 2.60 bits per heavy atom. The molecule has 1 aliphatic heterocycles. The number of methoxy groups -OCH3 is 1. The molecule has 0 saturated heterocycles. The monoisotopic (exact) mass is 785 g/mol. The topological polar surface area (TPSA) is 166 Å². The third-order valence-corrected chi connectivity index (χ3v) is 12.7. The van der Waals surface area contributed by atoms with Crippen LogP contribution in [0, 0.1) is 17.8 Å². The van der Waals surface area contributed by atoms with Crippen molar-refractivity contribution in [2.24, 2.45) is 17.8 Å². The molecule has 284 valence electrons. The van der Waals surface area contributed by atoms with Crippen molar-refractivity contribution in [1.29, 1.82) is 0 Å². The molecule has 5 atom stereocenters. The molecule has 16 heteroatoms. The van der Waals surface area contributed by atoms with E-state index in [1.807, 2.05) is 34.4 Å². The van der Waals surface area contributed by atoms with Crippen molar-refractivity contribution in [1.82, 2.24) is 24.9 Å². The Hall–Kier alpha value is -3.79. The van der Waals surface area contributed by atoms with Crippen LogP contribution in [0.2, 0.25) is 5.02 Å². The summed E-state index contributed by atoms with van der Waals surface area (Å²) < 4.78 is 44.6. The number of halogens is 1. The van der Waals surface area contributed by atoms with Crippen LogP contribution in [-0.4, -0.2) is 79.5 Å². The van der Waals surface area contributed by atoms with E-state index in [4.69, 9.17) is 35.2 Å². The maximum Gasteiger partial charge on any atom is 0.362 e. The van der Waals surface area contributed by atoms with E-state index in [0.29, 0.717) is 63.9 Å². The number of hydrogen-bond donors (Lipinski definition) is 2. The number of rotatable bonds is 9. The summed E-state index contributed by atoms with van der Waals surface area (Å²) in [7, 11) is -1.10. The predicted molar refractivity (Wildman–Crippen MR) is 200 cm³/mol. The Kier molecular flexibility index (Phi) is 10.5. The highest BCUT2D eigenvalue weighted by atomic mass is 35.5. The van der Waals surface area contributed by atoms with Crippen molar-refractivity contribution in [2.75, 3.05) is 20.7 Å². The summed E-state index contributed by atoms with van der Waals surface area (Å²) in [6.45, 7) is 4.67. The van der Waals surface area contributed by atoms with Gasteiger partial charge in [-0.1, -0.05) is 37.6 Å². The normalized spacial score (nSPS) is 26.5. The van der Waals surface area contributed by atoms with Gasteiger partial charge in [0.25, 0.3) is 5.91 Å². The van der Waals surface area contributed by atoms with Crippen molar-refractivity contribution in [3.8, 4) is 22.2 Å². The minimum absolute atomic E-state index is 0.176. The predicted octanol–water partition coefficient (Wildman–Crippen LogP) is 5.53. The molecule has 3 heterocycles. The SMILES string of the molecule is COc1ccc2c(OC3CC4C(=O)NC5(C(=O)NS(=O)(=O)OC6CC6)CC5C=CCCCCN(C)C(=O)C4C3)cc(-c3nc(C(C)C)cs3)nc2c1Cl. The molecule has 0 bridgehead atoms. The fourth-order valence-electron chi connectivity index (χ4n) is 7.20. The average molecular weight is 786 g/mol. The molecule has 0 spiro atoms. The summed E-state index contributed by atoms with van der Waals surface area (Å²) in [6, 6.07) is 5.36. The van der Waals surface area contributed by atoms with E-state index in [1.165, 1.54) is 18.4 Å². The minimum atomic E-state index is -4.37. The summed E-state index contributed by atoms with van der Waals surface area (Å²) in [5.74, 6) is -2.43. The van der Waals surface area contributed by atoms with Gasteiger partial charge in [-0.25, -0.2) is 14.7 Å². The number of thiazole rings is 1. The van der Waals surface area contributed by atoms with Gasteiger partial charge in [0.1, 0.15) is 38.9 Å². The van der Waals surface area contributed by atoms with Gasteiger partial charge in [-0.05, 0) is 69.4 Å². The highest BCUT2D eigenvalue weighted by Gasteiger charge is 2.62. The van der Waals surface area contributed by atoms with Crippen LogP contribution >= 0.6 is 22.9 Å². The molecule has 2 N–H and O–H groups in total. The van der Waals surface area contributed by atoms with E-state index in [-0.39, 0.29) is 31.1 Å². The third-order valence-electron chi connectivity index (χ3n) is 10.5. The number of ether oxygens (including phenoxy) is 2. The first kappa shape index (κ1) is 37.5. The Morgan fingerprint density at radius 1 is 1.11 bits per heavy atom. The fourth-order valence-corrected chi connectivity index (χ4v) is 9.44. The highest BCUT2D eigenvalue weighted by Crippen LogP contribution is 2.47. The number of hydrogen-bond acceptors (Lipinski definition) is 11. The molecule has 0 radical (unpaired) electrons. The first-order chi connectivity index (χ1) is 25.3. The standard InChI is InChI=1S/C37H44ClN5O8S2/c1-20(2)28-19-52-34(40-28)27-17-30(24-12-13-29(49-4)31(38)32(24)39-27)50-23-15-25-26(16-23)35(45)43(3)14-8-6-5-7-9-21-18-37(21,41-33(25)44)36(46)42-53(47,48)51-22-10-11-22/h7,9,12-13,17,19-23,25-26H,5-6,8,10-11,14-16,18H2,1-4H3,(H,41,44)(H,42,46). The number of pyridine rings is 1. The van der Waals surface area contributed by atoms with Gasteiger partial charge < -0.3 is 19.7 Å². The van der Waals surface area contributed by atoms with Crippen LogP contribution < -0.4 is 19.5 Å². The number of benzene rings is 1. The summed E-state index contributed by atoms with van der Waals surface area (Å²) in [5.41, 5.74) is 0.465. The number of carbonyl (C=O) groups is 3. The lowest BCUT2D eigenvalue weighted by atomic mass is 9.93. The Bertz CT molecular complexity index is 2070. The lowest BCUT2D eigenvalue weighted by Gasteiger charge is -2.26. The number of nitrogens with zero attached hydrogens (tertiary/aromatic N) is 3. The van der Waals surface area contributed by atoms with Gasteiger partial charge in [0.05, 0.1) is 36.3 Å². The molecule has 7 rings (SSSR count). The van der Waals surface area contributed by atoms with Gasteiger partial charge in [0.2, 0.25) is 11.8 Å². The molecule has 2 aromatic heterocycles. The zero-order valence-corrected chi connectivity index (χ0v) is 32.5. The largest absolute Gasteiger partial charge is 0.495 e. The van der Waals surface area contributed by atoms with Crippen LogP contribution in [0.1, 0.15) is 76.8 Å². The average Bonchev–Trinajstić information content (AvgIpc) is 3.93. The van der Waals surface area contributed by atoms with Crippen molar-refractivity contribution in [3.63, 3.8) is 0 Å². The quantitative estimate of drug-likeness (QED) is 0.264.